The number of hydrogen-bond acceptors (Lipinski definition) is 0. The lowest BCUT2D eigenvalue weighted by Crippen LogP contribution is -2.13. The molecule has 60 valence electrons. The van der Waals surface area contributed by atoms with Gasteiger partial charge in [0, 0.05) is 0 Å². The van der Waals surface area contributed by atoms with Gasteiger partial charge in [-0.25, -0.2) is 0 Å². The minimum absolute atomic E-state index is 0.778. The first-order valence-corrected chi connectivity index (χ1v) is 4.49. The maximum absolute atomic E-state index is 2.33. The van der Waals surface area contributed by atoms with E-state index in [2.05, 4.69) is 34.6 Å². The molecule has 0 aliphatic carbocycles. The van der Waals surface area contributed by atoms with Gasteiger partial charge in [0.1, 0.15) is 0 Å². The van der Waals surface area contributed by atoms with Gasteiger partial charge in [0.2, 0.25) is 0 Å². The molecule has 0 fully saturated rings. The van der Waals surface area contributed by atoms with E-state index in [4.69, 9.17) is 0 Å². The molecule has 0 bridgehead atoms. The van der Waals surface area contributed by atoms with Crippen LogP contribution in [0.5, 0.6) is 0 Å². The molecule has 0 heterocycles. The van der Waals surface area contributed by atoms with Crippen molar-refractivity contribution in [1.82, 2.24) is 0 Å². The van der Waals surface area contributed by atoms with E-state index >= 15 is 0 Å². The fourth-order valence-electron chi connectivity index (χ4n) is 1.59. The van der Waals surface area contributed by atoms with Crippen molar-refractivity contribution in [3.05, 3.63) is 5.92 Å². The number of rotatable bonds is 4. The van der Waals surface area contributed by atoms with Gasteiger partial charge in [-0.05, 0) is 34.1 Å². The van der Waals surface area contributed by atoms with Crippen molar-refractivity contribution < 1.29 is 0 Å². The summed E-state index contributed by atoms with van der Waals surface area (Å²) in [6, 6.07) is 0. The second-order valence-corrected chi connectivity index (χ2v) is 3.39. The summed E-state index contributed by atoms with van der Waals surface area (Å²) in [7, 11) is 0. The van der Waals surface area contributed by atoms with Gasteiger partial charge in [0.05, 0.1) is 24.2 Å². The normalized spacial score (nSPS) is 13.8. The predicted molar refractivity (Wildman–Crippen MR) is 47.8 cm³/mol. The van der Waals surface area contributed by atoms with E-state index in [-0.39, 0.29) is 0 Å². The summed E-state index contributed by atoms with van der Waals surface area (Å²) in [5.74, 6) is 3.33. The Balaban J connectivity index is 3.80. The van der Waals surface area contributed by atoms with Crippen molar-refractivity contribution in [2.45, 2.75) is 47.5 Å². The summed E-state index contributed by atoms with van der Waals surface area (Å²) in [4.78, 5) is 0. The Hall–Kier alpha value is -0.130. The SMILES string of the molecule is CC[C+](C(C)C)C(C)CC. The molecule has 0 aliphatic rings. The fraction of sp³-hybridized carbons (Fsp3) is 0.900. The standard InChI is InChI=1S/C10H21/c1-6-9(5)10(7-2)8(3)4/h8-9H,6-7H2,1-5H3/q+1. The van der Waals surface area contributed by atoms with Crippen LogP contribution in [0.4, 0.5) is 0 Å². The molecule has 0 heteroatoms. The van der Waals surface area contributed by atoms with Crippen LogP contribution < -0.4 is 0 Å². The predicted octanol–water partition coefficient (Wildman–Crippen LogP) is 3.67. The Labute approximate surface area is 66.0 Å². The van der Waals surface area contributed by atoms with Gasteiger partial charge in [-0.3, -0.25) is 0 Å². The molecule has 0 spiro atoms. The van der Waals surface area contributed by atoms with Gasteiger partial charge in [-0.1, -0.05) is 6.92 Å². The Bertz CT molecular complexity index is 74.1. The lowest BCUT2D eigenvalue weighted by atomic mass is 9.81. The van der Waals surface area contributed by atoms with Crippen LogP contribution in [0.3, 0.4) is 0 Å². The van der Waals surface area contributed by atoms with Gasteiger partial charge in [0.25, 0.3) is 0 Å². The Morgan fingerprint density at radius 3 is 1.70 bits per heavy atom. The van der Waals surface area contributed by atoms with E-state index in [1.807, 2.05) is 0 Å². The van der Waals surface area contributed by atoms with Crippen molar-refractivity contribution in [1.29, 1.82) is 0 Å². The monoisotopic (exact) mass is 141 g/mol. The molecule has 0 aromatic carbocycles. The van der Waals surface area contributed by atoms with Crippen molar-refractivity contribution in [3.8, 4) is 0 Å². The number of hydrogen-bond donors (Lipinski definition) is 0. The summed E-state index contributed by atoms with van der Waals surface area (Å²) in [6.07, 6.45) is 2.55. The Morgan fingerprint density at radius 2 is 1.60 bits per heavy atom. The second kappa shape index (κ2) is 4.65. The van der Waals surface area contributed by atoms with E-state index in [1.165, 1.54) is 12.8 Å². The van der Waals surface area contributed by atoms with Crippen LogP contribution in [0, 0.1) is 17.8 Å². The molecule has 0 aromatic heterocycles. The zero-order valence-corrected chi connectivity index (χ0v) is 8.07. The maximum atomic E-state index is 2.33. The van der Waals surface area contributed by atoms with Crippen LogP contribution >= 0.6 is 0 Å². The van der Waals surface area contributed by atoms with Gasteiger partial charge < -0.3 is 0 Å². The van der Waals surface area contributed by atoms with E-state index in [9.17, 15) is 0 Å². The minimum Gasteiger partial charge on any atom is -0.0610 e. The highest BCUT2D eigenvalue weighted by molar-refractivity contribution is 4.95. The third kappa shape index (κ3) is 2.64. The molecule has 0 nitrogen and oxygen atoms in total. The largest absolute Gasteiger partial charge is 0.0974 e. The highest BCUT2D eigenvalue weighted by Gasteiger charge is 2.28. The molecule has 0 saturated heterocycles. The van der Waals surface area contributed by atoms with Crippen molar-refractivity contribution in [2.24, 2.45) is 11.8 Å². The maximum Gasteiger partial charge on any atom is 0.0974 e. The van der Waals surface area contributed by atoms with Gasteiger partial charge in [-0.2, -0.15) is 0 Å². The van der Waals surface area contributed by atoms with Crippen LogP contribution in [-0.4, -0.2) is 0 Å². The Morgan fingerprint density at radius 1 is 1.10 bits per heavy atom. The van der Waals surface area contributed by atoms with Gasteiger partial charge in [0.15, 0.2) is 0 Å². The molecule has 0 aromatic rings. The minimum atomic E-state index is 0.778. The zero-order chi connectivity index (χ0) is 8.15. The summed E-state index contributed by atoms with van der Waals surface area (Å²) in [5.41, 5.74) is 0. The average Bonchev–Trinajstić information content (AvgIpc) is 1.88. The van der Waals surface area contributed by atoms with Crippen LogP contribution in [0.2, 0.25) is 0 Å². The first kappa shape index (κ1) is 9.87. The summed E-state index contributed by atoms with van der Waals surface area (Å²) in [6.45, 7) is 11.5. The molecule has 0 rings (SSSR count). The molecular weight excluding hydrogens is 120 g/mol. The molecule has 0 amide bonds. The molecule has 1 unspecified atom stereocenters. The quantitative estimate of drug-likeness (QED) is 0.524. The molecule has 0 saturated carbocycles. The molecule has 0 aliphatic heterocycles. The van der Waals surface area contributed by atoms with E-state index in [0.717, 1.165) is 11.8 Å². The van der Waals surface area contributed by atoms with E-state index < -0.39 is 0 Å². The first-order chi connectivity index (χ1) is 4.63. The summed E-state index contributed by atoms with van der Waals surface area (Å²) < 4.78 is 0. The third-order valence-corrected chi connectivity index (χ3v) is 2.40. The average molecular weight is 141 g/mol. The second-order valence-electron chi connectivity index (χ2n) is 3.39. The lowest BCUT2D eigenvalue weighted by molar-refractivity contribution is 0.451. The highest BCUT2D eigenvalue weighted by Crippen LogP contribution is 2.28. The first-order valence-electron chi connectivity index (χ1n) is 4.49. The lowest BCUT2D eigenvalue weighted by Gasteiger charge is -2.13. The van der Waals surface area contributed by atoms with Crippen molar-refractivity contribution in [3.63, 3.8) is 0 Å². The highest BCUT2D eigenvalue weighted by atomic mass is 14.2. The van der Waals surface area contributed by atoms with Gasteiger partial charge >= 0.3 is 0 Å². The molecule has 1 atom stereocenters. The Kier molecular flexibility index (Phi) is 4.59. The third-order valence-electron chi connectivity index (χ3n) is 2.40. The van der Waals surface area contributed by atoms with E-state index in [1.54, 1.807) is 5.92 Å². The smallest absolute Gasteiger partial charge is 0.0610 e. The van der Waals surface area contributed by atoms with Gasteiger partial charge in [-0.15, -0.1) is 0 Å². The fourth-order valence-corrected chi connectivity index (χ4v) is 1.59. The van der Waals surface area contributed by atoms with E-state index in [0.29, 0.717) is 0 Å². The topological polar surface area (TPSA) is 0 Å². The molecular formula is C10H21+. The summed E-state index contributed by atoms with van der Waals surface area (Å²) in [5, 5.41) is 0. The zero-order valence-electron chi connectivity index (χ0n) is 8.07. The molecule has 10 heavy (non-hydrogen) atoms. The molecule has 0 radical (unpaired) electrons. The summed E-state index contributed by atoms with van der Waals surface area (Å²) >= 11 is 0. The van der Waals surface area contributed by atoms with Crippen molar-refractivity contribution >= 4 is 0 Å². The van der Waals surface area contributed by atoms with Crippen LogP contribution in [-0.2, 0) is 0 Å². The van der Waals surface area contributed by atoms with Crippen LogP contribution in [0.15, 0.2) is 0 Å². The molecule has 0 N–H and O–H groups in total. The van der Waals surface area contributed by atoms with Crippen LogP contribution in [0.1, 0.15) is 47.5 Å². The van der Waals surface area contributed by atoms with Crippen LogP contribution in [0.25, 0.3) is 0 Å². The van der Waals surface area contributed by atoms with Crippen molar-refractivity contribution in [2.75, 3.05) is 0 Å².